The molecule has 3 rings (SSSR count). The number of hydrogen-bond acceptors (Lipinski definition) is 5. The summed E-state index contributed by atoms with van der Waals surface area (Å²) < 4.78 is 34.2. The molecule has 2 aromatic carbocycles. The minimum absolute atomic E-state index is 0.00159. The molecule has 1 unspecified atom stereocenters. The number of ether oxygens (including phenoxy) is 2. The largest absolute Gasteiger partial charge is 0.493 e. The Bertz CT molecular complexity index is 834. The fourth-order valence-electron chi connectivity index (χ4n) is 3.16. The summed E-state index contributed by atoms with van der Waals surface area (Å²) in [7, 11) is 0.338. The molecule has 0 amide bonds. The van der Waals surface area contributed by atoms with Gasteiger partial charge >= 0.3 is 0 Å². The Morgan fingerprint density at radius 1 is 1.08 bits per heavy atom. The minimum atomic E-state index is -2.89. The maximum Gasteiger partial charge on any atom is 0.161 e. The standard InChI is InChI=1S/C19H23NO4S/c1-23-18-10-15(12-20-16-8-9-25(21,22)13-16)17(11-19(18)24-2)14-6-4-3-5-7-14/h3-7,10-11,16,20H,8-9,12-13H2,1-2H3. The van der Waals surface area contributed by atoms with Gasteiger partial charge in [-0.25, -0.2) is 8.42 Å². The minimum Gasteiger partial charge on any atom is -0.493 e. The van der Waals surface area contributed by atoms with Gasteiger partial charge in [0.05, 0.1) is 25.7 Å². The van der Waals surface area contributed by atoms with Gasteiger partial charge in [0.25, 0.3) is 0 Å². The average molecular weight is 361 g/mol. The molecular formula is C19H23NO4S. The quantitative estimate of drug-likeness (QED) is 0.857. The lowest BCUT2D eigenvalue weighted by Gasteiger charge is -2.17. The van der Waals surface area contributed by atoms with Crippen molar-refractivity contribution in [1.29, 1.82) is 0 Å². The van der Waals surface area contributed by atoms with Gasteiger partial charge < -0.3 is 14.8 Å². The molecule has 0 spiro atoms. The molecular weight excluding hydrogens is 338 g/mol. The van der Waals surface area contributed by atoms with Crippen LogP contribution in [-0.4, -0.2) is 40.2 Å². The molecule has 0 saturated carbocycles. The first kappa shape index (κ1) is 17.8. The second-order valence-corrected chi connectivity index (χ2v) is 8.44. The summed E-state index contributed by atoms with van der Waals surface area (Å²) in [6, 6.07) is 14.0. The summed E-state index contributed by atoms with van der Waals surface area (Å²) >= 11 is 0. The molecule has 0 aromatic heterocycles. The lowest BCUT2D eigenvalue weighted by atomic mass is 9.98. The number of nitrogens with one attached hydrogen (secondary N) is 1. The highest BCUT2D eigenvalue weighted by molar-refractivity contribution is 7.91. The number of hydrogen-bond donors (Lipinski definition) is 1. The summed E-state index contributed by atoms with van der Waals surface area (Å²) in [6.45, 7) is 0.574. The van der Waals surface area contributed by atoms with Gasteiger partial charge in [0.1, 0.15) is 0 Å². The molecule has 1 aliphatic heterocycles. The third-order valence-electron chi connectivity index (χ3n) is 4.51. The summed E-state index contributed by atoms with van der Waals surface area (Å²) in [5.74, 6) is 1.81. The van der Waals surface area contributed by atoms with Crippen LogP contribution in [0, 0.1) is 0 Å². The maximum absolute atomic E-state index is 11.6. The highest BCUT2D eigenvalue weighted by Crippen LogP contribution is 2.35. The molecule has 1 atom stereocenters. The Balaban J connectivity index is 1.90. The Kier molecular flexibility index (Phi) is 5.30. The van der Waals surface area contributed by atoms with Crippen molar-refractivity contribution < 1.29 is 17.9 Å². The topological polar surface area (TPSA) is 64.6 Å². The molecule has 25 heavy (non-hydrogen) atoms. The molecule has 0 aliphatic carbocycles. The van der Waals surface area contributed by atoms with Gasteiger partial charge in [-0.2, -0.15) is 0 Å². The molecule has 1 aliphatic rings. The number of sulfone groups is 1. The fourth-order valence-corrected chi connectivity index (χ4v) is 4.87. The van der Waals surface area contributed by atoms with Crippen LogP contribution < -0.4 is 14.8 Å². The third-order valence-corrected chi connectivity index (χ3v) is 6.28. The molecule has 1 fully saturated rings. The fraction of sp³-hybridized carbons (Fsp3) is 0.368. The van der Waals surface area contributed by atoms with Gasteiger partial charge in [0, 0.05) is 12.6 Å². The number of rotatable bonds is 6. The van der Waals surface area contributed by atoms with E-state index in [0.717, 1.165) is 16.7 Å². The smallest absolute Gasteiger partial charge is 0.161 e. The van der Waals surface area contributed by atoms with E-state index in [1.807, 2.05) is 42.5 Å². The van der Waals surface area contributed by atoms with E-state index in [0.29, 0.717) is 24.5 Å². The zero-order valence-corrected chi connectivity index (χ0v) is 15.3. The van der Waals surface area contributed by atoms with Crippen molar-refractivity contribution in [3.63, 3.8) is 0 Å². The van der Waals surface area contributed by atoms with Crippen LogP contribution in [-0.2, 0) is 16.4 Å². The molecule has 1 N–H and O–H groups in total. The van der Waals surface area contributed by atoms with E-state index < -0.39 is 9.84 Å². The van der Waals surface area contributed by atoms with E-state index in [1.54, 1.807) is 14.2 Å². The summed E-state index contributed by atoms with van der Waals surface area (Å²) in [5.41, 5.74) is 3.18. The van der Waals surface area contributed by atoms with Gasteiger partial charge in [0.2, 0.25) is 0 Å². The van der Waals surface area contributed by atoms with Crippen LogP contribution in [0.25, 0.3) is 11.1 Å². The summed E-state index contributed by atoms with van der Waals surface area (Å²) in [5, 5.41) is 3.38. The zero-order valence-electron chi connectivity index (χ0n) is 14.5. The van der Waals surface area contributed by atoms with Crippen molar-refractivity contribution >= 4 is 9.84 Å². The van der Waals surface area contributed by atoms with Gasteiger partial charge in [-0.3, -0.25) is 0 Å². The van der Waals surface area contributed by atoms with E-state index in [2.05, 4.69) is 5.32 Å². The monoisotopic (exact) mass is 361 g/mol. The first-order valence-corrected chi connectivity index (χ1v) is 10.1. The summed E-state index contributed by atoms with van der Waals surface area (Å²) in [4.78, 5) is 0. The van der Waals surface area contributed by atoms with E-state index in [1.165, 1.54) is 0 Å². The predicted octanol–water partition coefficient (Wildman–Crippen LogP) is 2.65. The van der Waals surface area contributed by atoms with Crippen LogP contribution in [0.1, 0.15) is 12.0 Å². The van der Waals surface area contributed by atoms with E-state index >= 15 is 0 Å². The average Bonchev–Trinajstić information content (AvgIpc) is 2.98. The summed E-state index contributed by atoms with van der Waals surface area (Å²) in [6.07, 6.45) is 0.663. The van der Waals surface area contributed by atoms with Crippen LogP contribution >= 0.6 is 0 Å². The predicted molar refractivity (Wildman–Crippen MR) is 98.9 cm³/mol. The lowest BCUT2D eigenvalue weighted by Crippen LogP contribution is -2.29. The highest BCUT2D eigenvalue weighted by atomic mass is 32.2. The molecule has 134 valence electrons. The highest BCUT2D eigenvalue weighted by Gasteiger charge is 2.27. The number of benzene rings is 2. The molecule has 5 nitrogen and oxygen atoms in total. The van der Waals surface area contributed by atoms with Crippen molar-refractivity contribution in [3.05, 3.63) is 48.0 Å². The van der Waals surface area contributed by atoms with Crippen molar-refractivity contribution in [2.45, 2.75) is 19.0 Å². The Labute approximate surface area is 148 Å². The normalized spacial score (nSPS) is 18.9. The molecule has 6 heteroatoms. The van der Waals surface area contributed by atoms with E-state index in [9.17, 15) is 8.42 Å². The van der Waals surface area contributed by atoms with E-state index in [4.69, 9.17) is 9.47 Å². The first-order chi connectivity index (χ1) is 12.0. The van der Waals surface area contributed by atoms with Crippen molar-refractivity contribution in [2.24, 2.45) is 0 Å². The molecule has 2 aromatic rings. The van der Waals surface area contributed by atoms with Gasteiger partial charge in [-0.15, -0.1) is 0 Å². The second kappa shape index (κ2) is 7.45. The van der Waals surface area contributed by atoms with E-state index in [-0.39, 0.29) is 17.5 Å². The second-order valence-electron chi connectivity index (χ2n) is 6.21. The van der Waals surface area contributed by atoms with Crippen LogP contribution in [0.2, 0.25) is 0 Å². The SMILES string of the molecule is COc1cc(CNC2CCS(=O)(=O)C2)c(-c2ccccc2)cc1OC. The van der Waals surface area contributed by atoms with Crippen LogP contribution in [0.15, 0.2) is 42.5 Å². The molecule has 1 saturated heterocycles. The Hall–Kier alpha value is -2.05. The first-order valence-electron chi connectivity index (χ1n) is 8.26. The molecule has 0 radical (unpaired) electrons. The number of methoxy groups -OCH3 is 2. The van der Waals surface area contributed by atoms with Crippen molar-refractivity contribution in [2.75, 3.05) is 25.7 Å². The van der Waals surface area contributed by atoms with Gasteiger partial charge in [0.15, 0.2) is 21.3 Å². The van der Waals surface area contributed by atoms with Crippen molar-refractivity contribution in [3.8, 4) is 22.6 Å². The lowest BCUT2D eigenvalue weighted by molar-refractivity contribution is 0.354. The van der Waals surface area contributed by atoms with Crippen LogP contribution in [0.4, 0.5) is 0 Å². The van der Waals surface area contributed by atoms with Crippen LogP contribution in [0.5, 0.6) is 11.5 Å². The maximum atomic E-state index is 11.6. The van der Waals surface area contributed by atoms with Gasteiger partial charge in [-0.1, -0.05) is 30.3 Å². The van der Waals surface area contributed by atoms with Crippen molar-refractivity contribution in [1.82, 2.24) is 5.32 Å². The Morgan fingerprint density at radius 3 is 2.36 bits per heavy atom. The van der Waals surface area contributed by atoms with Gasteiger partial charge in [-0.05, 0) is 35.2 Å². The zero-order chi connectivity index (χ0) is 17.9. The third kappa shape index (κ3) is 4.14. The molecule has 1 heterocycles. The molecule has 0 bridgehead atoms. The van der Waals surface area contributed by atoms with Crippen LogP contribution in [0.3, 0.4) is 0 Å². The Morgan fingerprint density at radius 2 is 1.76 bits per heavy atom.